The molecule has 0 aliphatic heterocycles. The molecule has 3 heteroatoms. The van der Waals surface area contributed by atoms with Crippen LogP contribution in [0.4, 0.5) is 5.69 Å². The van der Waals surface area contributed by atoms with E-state index in [1.165, 1.54) is 11.3 Å². The molecule has 1 unspecified atom stereocenters. The Kier molecular flexibility index (Phi) is 6.16. The zero-order valence-electron chi connectivity index (χ0n) is 13.2. The smallest absolute Gasteiger partial charge is 0.125 e. The molecule has 0 saturated heterocycles. The maximum absolute atomic E-state index is 5.54. The molecule has 0 spiro atoms. The van der Waals surface area contributed by atoms with Gasteiger partial charge in [-0.05, 0) is 31.5 Å². The topological polar surface area (TPSA) is 24.5 Å². The molecule has 1 N–H and O–H groups in total. The quantitative estimate of drug-likeness (QED) is 0.816. The predicted octanol–water partition coefficient (Wildman–Crippen LogP) is 3.46. The fourth-order valence-electron chi connectivity index (χ4n) is 2.53. The van der Waals surface area contributed by atoms with Crippen LogP contribution in [-0.4, -0.2) is 27.2 Å². The molecule has 1 aromatic rings. The van der Waals surface area contributed by atoms with Crippen molar-refractivity contribution in [3.63, 3.8) is 0 Å². The second kappa shape index (κ2) is 7.39. The van der Waals surface area contributed by atoms with Gasteiger partial charge in [-0.15, -0.1) is 0 Å². The molecule has 0 aliphatic rings. The van der Waals surface area contributed by atoms with Crippen LogP contribution in [-0.2, 0) is 0 Å². The van der Waals surface area contributed by atoms with E-state index in [1.54, 1.807) is 7.11 Å². The highest BCUT2D eigenvalue weighted by Crippen LogP contribution is 2.34. The van der Waals surface area contributed by atoms with Crippen molar-refractivity contribution >= 4 is 5.69 Å². The van der Waals surface area contributed by atoms with E-state index in [4.69, 9.17) is 4.74 Å². The van der Waals surface area contributed by atoms with Crippen LogP contribution in [0, 0.1) is 5.92 Å². The SMILES string of the molecule is CCNC(C)c1c(OC)cccc1N(C)CC(C)C. The first-order chi connectivity index (χ1) is 9.01. The second-order valence-corrected chi connectivity index (χ2v) is 5.45. The van der Waals surface area contributed by atoms with Crippen molar-refractivity contribution < 1.29 is 4.74 Å². The van der Waals surface area contributed by atoms with E-state index in [0.29, 0.717) is 5.92 Å². The first-order valence-electron chi connectivity index (χ1n) is 7.12. The monoisotopic (exact) mass is 264 g/mol. The molecule has 0 amide bonds. The van der Waals surface area contributed by atoms with Gasteiger partial charge < -0.3 is 15.0 Å². The Balaban J connectivity index is 3.14. The molecule has 0 aromatic heterocycles. The average Bonchev–Trinajstić information content (AvgIpc) is 2.37. The van der Waals surface area contributed by atoms with Crippen molar-refractivity contribution in [2.45, 2.75) is 33.7 Å². The van der Waals surface area contributed by atoms with Crippen molar-refractivity contribution in [1.82, 2.24) is 5.32 Å². The van der Waals surface area contributed by atoms with Crippen molar-refractivity contribution in [2.75, 3.05) is 32.1 Å². The van der Waals surface area contributed by atoms with E-state index in [0.717, 1.165) is 18.8 Å². The minimum atomic E-state index is 0.283. The highest BCUT2D eigenvalue weighted by molar-refractivity contribution is 5.60. The summed E-state index contributed by atoms with van der Waals surface area (Å²) in [4.78, 5) is 2.32. The molecule has 0 heterocycles. The van der Waals surface area contributed by atoms with Crippen LogP contribution < -0.4 is 15.0 Å². The number of hydrogen-bond acceptors (Lipinski definition) is 3. The average molecular weight is 264 g/mol. The number of rotatable bonds is 7. The largest absolute Gasteiger partial charge is 0.496 e. The van der Waals surface area contributed by atoms with Crippen molar-refractivity contribution in [2.24, 2.45) is 5.92 Å². The van der Waals surface area contributed by atoms with Crippen molar-refractivity contribution in [3.05, 3.63) is 23.8 Å². The van der Waals surface area contributed by atoms with Gasteiger partial charge in [-0.2, -0.15) is 0 Å². The summed E-state index contributed by atoms with van der Waals surface area (Å²) in [5.41, 5.74) is 2.50. The molecule has 108 valence electrons. The fourth-order valence-corrected chi connectivity index (χ4v) is 2.53. The number of ether oxygens (including phenoxy) is 1. The molecule has 3 nitrogen and oxygen atoms in total. The molecule has 0 radical (unpaired) electrons. The zero-order chi connectivity index (χ0) is 14.4. The third kappa shape index (κ3) is 4.13. The fraction of sp³-hybridized carbons (Fsp3) is 0.625. The third-order valence-electron chi connectivity index (χ3n) is 3.26. The lowest BCUT2D eigenvalue weighted by molar-refractivity contribution is 0.402. The lowest BCUT2D eigenvalue weighted by Gasteiger charge is -2.28. The number of benzene rings is 1. The van der Waals surface area contributed by atoms with Crippen LogP contribution in [0.15, 0.2) is 18.2 Å². The number of hydrogen-bond donors (Lipinski definition) is 1. The van der Waals surface area contributed by atoms with Gasteiger partial charge in [0.2, 0.25) is 0 Å². The van der Waals surface area contributed by atoms with Crippen molar-refractivity contribution in [3.8, 4) is 5.75 Å². The van der Waals surface area contributed by atoms with E-state index in [2.05, 4.69) is 57.1 Å². The molecule has 0 bridgehead atoms. The number of nitrogens with one attached hydrogen (secondary N) is 1. The van der Waals surface area contributed by atoms with Crippen LogP contribution in [0.1, 0.15) is 39.3 Å². The summed E-state index contributed by atoms with van der Waals surface area (Å²) in [6, 6.07) is 6.56. The lowest BCUT2D eigenvalue weighted by atomic mass is 10.0. The highest BCUT2D eigenvalue weighted by Gasteiger charge is 2.18. The van der Waals surface area contributed by atoms with Gasteiger partial charge in [0.15, 0.2) is 0 Å². The lowest BCUT2D eigenvalue weighted by Crippen LogP contribution is -2.26. The van der Waals surface area contributed by atoms with E-state index in [-0.39, 0.29) is 6.04 Å². The summed E-state index contributed by atoms with van der Waals surface area (Å²) in [5.74, 6) is 1.60. The summed E-state index contributed by atoms with van der Waals surface area (Å²) in [6.45, 7) is 10.8. The summed E-state index contributed by atoms with van der Waals surface area (Å²) in [6.07, 6.45) is 0. The zero-order valence-corrected chi connectivity index (χ0v) is 13.2. The Morgan fingerprint density at radius 3 is 2.47 bits per heavy atom. The van der Waals surface area contributed by atoms with Crippen LogP contribution >= 0.6 is 0 Å². The third-order valence-corrected chi connectivity index (χ3v) is 3.26. The normalized spacial score (nSPS) is 12.6. The predicted molar refractivity (Wildman–Crippen MR) is 83.2 cm³/mol. The van der Waals surface area contributed by atoms with E-state index >= 15 is 0 Å². The van der Waals surface area contributed by atoms with Gasteiger partial charge in [0.1, 0.15) is 5.75 Å². The Hall–Kier alpha value is -1.22. The van der Waals surface area contributed by atoms with E-state index in [9.17, 15) is 0 Å². The molecular weight excluding hydrogens is 236 g/mol. The van der Waals surface area contributed by atoms with Gasteiger partial charge in [-0.1, -0.05) is 26.8 Å². The maximum Gasteiger partial charge on any atom is 0.125 e. The highest BCUT2D eigenvalue weighted by atomic mass is 16.5. The van der Waals surface area contributed by atoms with E-state index in [1.807, 2.05) is 6.07 Å². The molecule has 0 aliphatic carbocycles. The van der Waals surface area contributed by atoms with Crippen LogP contribution in [0.5, 0.6) is 5.75 Å². The summed E-state index contributed by atoms with van der Waals surface area (Å²) in [5, 5.41) is 3.48. The van der Waals surface area contributed by atoms with Crippen LogP contribution in [0.25, 0.3) is 0 Å². The first kappa shape index (κ1) is 15.8. The van der Waals surface area contributed by atoms with E-state index < -0.39 is 0 Å². The van der Waals surface area contributed by atoms with Gasteiger partial charge in [-0.3, -0.25) is 0 Å². The Morgan fingerprint density at radius 1 is 1.26 bits per heavy atom. The van der Waals surface area contributed by atoms with Gasteiger partial charge in [0.25, 0.3) is 0 Å². The van der Waals surface area contributed by atoms with Gasteiger partial charge in [0.05, 0.1) is 7.11 Å². The summed E-state index contributed by atoms with van der Waals surface area (Å²) >= 11 is 0. The Bertz CT molecular complexity index is 390. The van der Waals surface area contributed by atoms with Crippen LogP contribution in [0.2, 0.25) is 0 Å². The summed E-state index contributed by atoms with van der Waals surface area (Å²) < 4.78 is 5.54. The minimum absolute atomic E-state index is 0.283. The standard InChI is InChI=1S/C16H28N2O/c1-7-17-13(4)16-14(18(5)11-12(2)3)9-8-10-15(16)19-6/h8-10,12-13,17H,7,11H2,1-6H3. The van der Waals surface area contributed by atoms with Gasteiger partial charge >= 0.3 is 0 Å². The first-order valence-corrected chi connectivity index (χ1v) is 7.12. The van der Waals surface area contributed by atoms with Gasteiger partial charge in [0, 0.05) is 30.9 Å². The summed E-state index contributed by atoms with van der Waals surface area (Å²) in [7, 11) is 3.89. The molecular formula is C16H28N2O. The molecule has 1 rings (SSSR count). The number of anilines is 1. The molecule has 19 heavy (non-hydrogen) atoms. The molecule has 1 atom stereocenters. The molecule has 1 aromatic carbocycles. The maximum atomic E-state index is 5.54. The second-order valence-electron chi connectivity index (χ2n) is 5.45. The van der Waals surface area contributed by atoms with Gasteiger partial charge in [-0.25, -0.2) is 0 Å². The Labute approximate surface area is 118 Å². The Morgan fingerprint density at radius 2 is 1.95 bits per heavy atom. The van der Waals surface area contributed by atoms with Crippen molar-refractivity contribution in [1.29, 1.82) is 0 Å². The molecule has 0 saturated carbocycles. The number of nitrogens with zero attached hydrogens (tertiary/aromatic N) is 1. The minimum Gasteiger partial charge on any atom is -0.496 e. The molecule has 0 fully saturated rings. The number of methoxy groups -OCH3 is 1. The van der Waals surface area contributed by atoms with Crippen LogP contribution in [0.3, 0.4) is 0 Å².